The molecule has 2 aliphatic heterocycles. The third-order valence-corrected chi connectivity index (χ3v) is 5.11. The Kier molecular flexibility index (Phi) is 6.32. The van der Waals surface area contributed by atoms with E-state index in [0.717, 1.165) is 24.9 Å². The quantitative estimate of drug-likeness (QED) is 0.884. The Morgan fingerprint density at radius 3 is 2.74 bits per heavy atom. The first-order chi connectivity index (χ1) is 10.6. The van der Waals surface area contributed by atoms with Crippen LogP contribution in [-0.2, 0) is 14.9 Å². The smallest absolute Gasteiger partial charge is 0.233 e. The van der Waals surface area contributed by atoms with Crippen LogP contribution in [0.4, 0.5) is 0 Å². The predicted molar refractivity (Wildman–Crippen MR) is 94.2 cm³/mol. The van der Waals surface area contributed by atoms with Crippen molar-refractivity contribution in [3.63, 3.8) is 0 Å². The van der Waals surface area contributed by atoms with Gasteiger partial charge in [0, 0.05) is 37.4 Å². The highest BCUT2D eigenvalue weighted by Crippen LogP contribution is 2.38. The SMILES string of the molecule is Cl.NC1CCCN(C(=O)C2(c3cccc(Cl)c3)CCOCC2)C1. The Balaban J connectivity index is 0.00000192. The second-order valence-corrected chi connectivity index (χ2v) is 6.79. The van der Waals surface area contributed by atoms with E-state index in [1.54, 1.807) is 0 Å². The average molecular weight is 359 g/mol. The molecule has 23 heavy (non-hydrogen) atoms. The molecule has 2 N–H and O–H groups in total. The number of rotatable bonds is 2. The number of carbonyl (C=O) groups is 1. The summed E-state index contributed by atoms with van der Waals surface area (Å²) in [4.78, 5) is 15.2. The molecule has 0 aliphatic carbocycles. The van der Waals surface area contributed by atoms with E-state index in [1.165, 1.54) is 0 Å². The molecule has 6 heteroatoms. The third kappa shape index (κ3) is 3.82. The van der Waals surface area contributed by atoms with Gasteiger partial charge in [-0.15, -0.1) is 12.4 Å². The van der Waals surface area contributed by atoms with Gasteiger partial charge in [0.15, 0.2) is 0 Å². The van der Waals surface area contributed by atoms with Crippen LogP contribution in [0.5, 0.6) is 0 Å². The van der Waals surface area contributed by atoms with Crippen LogP contribution >= 0.6 is 24.0 Å². The van der Waals surface area contributed by atoms with Gasteiger partial charge in [0.05, 0.1) is 5.41 Å². The number of hydrogen-bond donors (Lipinski definition) is 1. The standard InChI is InChI=1S/C17H23ClN2O2.ClH/c18-14-4-1-3-13(11-14)17(6-9-22-10-7-17)16(21)20-8-2-5-15(19)12-20;/h1,3-4,11,15H,2,5-10,12,19H2;1H. The maximum atomic E-state index is 13.3. The predicted octanol–water partition coefficient (Wildman–Crippen LogP) is 2.76. The summed E-state index contributed by atoms with van der Waals surface area (Å²) in [7, 11) is 0. The topological polar surface area (TPSA) is 55.6 Å². The molecule has 2 fully saturated rings. The minimum Gasteiger partial charge on any atom is -0.381 e. The van der Waals surface area contributed by atoms with Crippen molar-refractivity contribution in [3.05, 3.63) is 34.9 Å². The first kappa shape index (κ1) is 18.5. The lowest BCUT2D eigenvalue weighted by atomic mass is 9.72. The summed E-state index contributed by atoms with van der Waals surface area (Å²) >= 11 is 6.16. The van der Waals surface area contributed by atoms with E-state index in [9.17, 15) is 4.79 Å². The van der Waals surface area contributed by atoms with Gasteiger partial charge < -0.3 is 15.4 Å². The van der Waals surface area contributed by atoms with Gasteiger partial charge in [-0.2, -0.15) is 0 Å². The number of ether oxygens (including phenoxy) is 1. The van der Waals surface area contributed by atoms with Crippen LogP contribution in [0, 0.1) is 0 Å². The minimum absolute atomic E-state index is 0. The molecule has 0 radical (unpaired) electrons. The van der Waals surface area contributed by atoms with Crippen LogP contribution in [0.25, 0.3) is 0 Å². The van der Waals surface area contributed by atoms with E-state index in [-0.39, 0.29) is 24.4 Å². The molecule has 128 valence electrons. The molecule has 1 aromatic rings. The van der Waals surface area contributed by atoms with Gasteiger partial charge in [-0.25, -0.2) is 0 Å². The molecule has 1 atom stereocenters. The summed E-state index contributed by atoms with van der Waals surface area (Å²) in [6.07, 6.45) is 3.39. The van der Waals surface area contributed by atoms with E-state index in [0.29, 0.717) is 37.6 Å². The van der Waals surface area contributed by atoms with Gasteiger partial charge in [-0.05, 0) is 43.4 Å². The Labute approximate surface area is 148 Å². The molecule has 1 amide bonds. The number of piperidine rings is 1. The fourth-order valence-corrected chi connectivity index (χ4v) is 3.82. The van der Waals surface area contributed by atoms with Crippen molar-refractivity contribution in [2.45, 2.75) is 37.1 Å². The molecule has 0 saturated carbocycles. The van der Waals surface area contributed by atoms with Crippen LogP contribution in [0.3, 0.4) is 0 Å². The number of nitrogens with zero attached hydrogens (tertiary/aromatic N) is 1. The second-order valence-electron chi connectivity index (χ2n) is 6.36. The number of hydrogen-bond acceptors (Lipinski definition) is 3. The van der Waals surface area contributed by atoms with Crippen molar-refractivity contribution in [2.24, 2.45) is 5.73 Å². The van der Waals surface area contributed by atoms with Crippen molar-refractivity contribution < 1.29 is 9.53 Å². The van der Waals surface area contributed by atoms with Gasteiger partial charge in [0.1, 0.15) is 0 Å². The number of likely N-dealkylation sites (tertiary alicyclic amines) is 1. The maximum Gasteiger partial charge on any atom is 0.233 e. The van der Waals surface area contributed by atoms with E-state index in [2.05, 4.69) is 0 Å². The Morgan fingerprint density at radius 2 is 2.09 bits per heavy atom. The molecule has 4 nitrogen and oxygen atoms in total. The van der Waals surface area contributed by atoms with Crippen molar-refractivity contribution in [2.75, 3.05) is 26.3 Å². The van der Waals surface area contributed by atoms with Gasteiger partial charge in [0.25, 0.3) is 0 Å². The summed E-state index contributed by atoms with van der Waals surface area (Å²) < 4.78 is 5.51. The molecule has 0 aromatic heterocycles. The Bertz CT molecular complexity index is 547. The first-order valence-corrected chi connectivity index (χ1v) is 8.38. The van der Waals surface area contributed by atoms with Gasteiger partial charge in [0.2, 0.25) is 5.91 Å². The molecule has 0 spiro atoms. The van der Waals surface area contributed by atoms with E-state index in [4.69, 9.17) is 22.1 Å². The highest BCUT2D eigenvalue weighted by Gasteiger charge is 2.44. The van der Waals surface area contributed by atoms with Crippen molar-refractivity contribution in [1.82, 2.24) is 4.90 Å². The van der Waals surface area contributed by atoms with Gasteiger partial charge in [-0.1, -0.05) is 23.7 Å². The second kappa shape index (κ2) is 7.84. The molecule has 2 aliphatic rings. The molecule has 2 saturated heterocycles. The lowest BCUT2D eigenvalue weighted by Gasteiger charge is -2.42. The molecular weight excluding hydrogens is 335 g/mol. The molecule has 1 unspecified atom stereocenters. The van der Waals surface area contributed by atoms with Gasteiger partial charge in [-0.3, -0.25) is 4.79 Å². The first-order valence-electron chi connectivity index (χ1n) is 8.00. The van der Waals surface area contributed by atoms with Crippen LogP contribution in [0.15, 0.2) is 24.3 Å². The minimum atomic E-state index is -0.514. The largest absolute Gasteiger partial charge is 0.381 e. The molecule has 0 bridgehead atoms. The summed E-state index contributed by atoms with van der Waals surface area (Å²) in [6.45, 7) is 2.67. The summed E-state index contributed by atoms with van der Waals surface area (Å²) in [6, 6.07) is 7.80. The fraction of sp³-hybridized carbons (Fsp3) is 0.588. The Hall–Kier alpha value is -0.810. The molecule has 2 heterocycles. The normalized spacial score (nSPS) is 23.9. The van der Waals surface area contributed by atoms with Crippen molar-refractivity contribution in [1.29, 1.82) is 0 Å². The summed E-state index contributed by atoms with van der Waals surface area (Å²) in [5, 5.41) is 0.673. The lowest BCUT2D eigenvalue weighted by Crippen LogP contribution is -2.54. The molecule has 3 rings (SSSR count). The highest BCUT2D eigenvalue weighted by atomic mass is 35.5. The average Bonchev–Trinajstić information content (AvgIpc) is 2.55. The fourth-order valence-electron chi connectivity index (χ4n) is 3.63. The van der Waals surface area contributed by atoms with Crippen molar-refractivity contribution in [3.8, 4) is 0 Å². The number of amides is 1. The molecule has 1 aromatic carbocycles. The highest BCUT2D eigenvalue weighted by molar-refractivity contribution is 6.30. The third-order valence-electron chi connectivity index (χ3n) is 4.88. The zero-order valence-electron chi connectivity index (χ0n) is 13.2. The number of benzene rings is 1. The number of halogens is 2. The summed E-state index contributed by atoms with van der Waals surface area (Å²) in [5.41, 5.74) is 6.55. The molecular formula is C17H24Cl2N2O2. The van der Waals surface area contributed by atoms with Gasteiger partial charge >= 0.3 is 0 Å². The van der Waals surface area contributed by atoms with E-state index < -0.39 is 5.41 Å². The maximum absolute atomic E-state index is 13.3. The summed E-state index contributed by atoms with van der Waals surface area (Å²) in [5.74, 6) is 0.188. The lowest BCUT2D eigenvalue weighted by molar-refractivity contribution is -0.142. The number of nitrogens with two attached hydrogens (primary N) is 1. The van der Waals surface area contributed by atoms with E-state index >= 15 is 0 Å². The zero-order valence-corrected chi connectivity index (χ0v) is 14.7. The van der Waals surface area contributed by atoms with Crippen LogP contribution < -0.4 is 5.73 Å². The Morgan fingerprint density at radius 1 is 1.35 bits per heavy atom. The van der Waals surface area contributed by atoms with E-state index in [1.807, 2.05) is 29.2 Å². The number of carbonyl (C=O) groups excluding carboxylic acids is 1. The zero-order chi connectivity index (χ0) is 15.6. The van der Waals surface area contributed by atoms with Crippen molar-refractivity contribution >= 4 is 29.9 Å². The van der Waals surface area contributed by atoms with Crippen LogP contribution in [0.1, 0.15) is 31.2 Å². The monoisotopic (exact) mass is 358 g/mol. The van der Waals surface area contributed by atoms with Crippen LogP contribution in [-0.4, -0.2) is 43.2 Å². The van der Waals surface area contributed by atoms with Crippen LogP contribution in [0.2, 0.25) is 5.02 Å².